The highest BCUT2D eigenvalue weighted by atomic mass is 16.2. The van der Waals surface area contributed by atoms with Crippen molar-refractivity contribution in [1.82, 2.24) is 9.80 Å². The number of hydrogen-bond acceptors (Lipinski definition) is 3. The molecule has 86 valence electrons. The van der Waals surface area contributed by atoms with Crippen LogP contribution in [0.15, 0.2) is 0 Å². The third-order valence-electron chi connectivity index (χ3n) is 3.79. The fourth-order valence-corrected chi connectivity index (χ4v) is 2.56. The minimum atomic E-state index is 0.205. The molecule has 1 aliphatic heterocycles. The maximum atomic E-state index is 12.0. The van der Waals surface area contributed by atoms with Gasteiger partial charge in [-0.1, -0.05) is 0 Å². The molecule has 2 aliphatic rings. The maximum absolute atomic E-state index is 12.0. The third-order valence-corrected chi connectivity index (χ3v) is 3.79. The number of carbonyl (C=O) groups is 1. The smallest absolute Gasteiger partial charge is 0.225 e. The van der Waals surface area contributed by atoms with E-state index in [0.29, 0.717) is 11.9 Å². The Balaban J connectivity index is 1.85. The number of carbonyl (C=O) groups excluding carboxylic acids is 1. The molecule has 2 fully saturated rings. The number of amides is 1. The summed E-state index contributed by atoms with van der Waals surface area (Å²) >= 11 is 0. The van der Waals surface area contributed by atoms with Crippen LogP contribution in [0.3, 0.4) is 0 Å². The Kier molecular flexibility index (Phi) is 2.98. The molecule has 0 aromatic carbocycles. The molecule has 15 heavy (non-hydrogen) atoms. The summed E-state index contributed by atoms with van der Waals surface area (Å²) in [5.74, 6) is 0.507. The monoisotopic (exact) mass is 211 g/mol. The molecule has 4 nitrogen and oxygen atoms in total. The number of rotatable bonds is 2. The zero-order chi connectivity index (χ0) is 11.0. The van der Waals surface area contributed by atoms with E-state index in [1.807, 2.05) is 11.9 Å². The molecule has 1 atom stereocenters. The van der Waals surface area contributed by atoms with Gasteiger partial charge in [0.1, 0.15) is 0 Å². The molecule has 1 unspecified atom stereocenters. The number of hydrogen-bond donors (Lipinski definition) is 1. The molecular weight excluding hydrogens is 190 g/mol. The lowest BCUT2D eigenvalue weighted by molar-refractivity contribution is -0.139. The van der Waals surface area contributed by atoms with Gasteiger partial charge >= 0.3 is 0 Å². The zero-order valence-electron chi connectivity index (χ0n) is 9.65. The molecular formula is C11H21N3O. The van der Waals surface area contributed by atoms with Gasteiger partial charge in [0.15, 0.2) is 0 Å². The van der Waals surface area contributed by atoms with Crippen LogP contribution in [0.25, 0.3) is 0 Å². The predicted molar refractivity (Wildman–Crippen MR) is 59.4 cm³/mol. The Bertz CT molecular complexity index is 250. The van der Waals surface area contributed by atoms with Crippen molar-refractivity contribution in [3.63, 3.8) is 0 Å². The molecule has 2 N–H and O–H groups in total. The molecule has 0 bridgehead atoms. The van der Waals surface area contributed by atoms with Crippen molar-refractivity contribution < 1.29 is 4.79 Å². The molecule has 1 saturated heterocycles. The van der Waals surface area contributed by atoms with Crippen molar-refractivity contribution in [2.24, 2.45) is 11.7 Å². The van der Waals surface area contributed by atoms with Gasteiger partial charge < -0.3 is 15.5 Å². The van der Waals surface area contributed by atoms with Crippen LogP contribution in [0.5, 0.6) is 0 Å². The first-order valence-corrected chi connectivity index (χ1v) is 5.78. The Morgan fingerprint density at radius 3 is 2.60 bits per heavy atom. The fourth-order valence-electron chi connectivity index (χ4n) is 2.56. The van der Waals surface area contributed by atoms with Crippen molar-refractivity contribution in [2.45, 2.75) is 31.3 Å². The van der Waals surface area contributed by atoms with E-state index in [-0.39, 0.29) is 12.0 Å². The topological polar surface area (TPSA) is 49.6 Å². The van der Waals surface area contributed by atoms with Gasteiger partial charge in [-0.3, -0.25) is 4.79 Å². The highest BCUT2D eigenvalue weighted by molar-refractivity contribution is 5.80. The third kappa shape index (κ3) is 2.16. The van der Waals surface area contributed by atoms with E-state index in [9.17, 15) is 4.79 Å². The van der Waals surface area contributed by atoms with Crippen molar-refractivity contribution in [2.75, 3.05) is 27.2 Å². The average molecular weight is 211 g/mol. The Morgan fingerprint density at radius 1 is 1.47 bits per heavy atom. The molecule has 0 spiro atoms. The molecule has 1 saturated carbocycles. The van der Waals surface area contributed by atoms with E-state index in [4.69, 9.17) is 5.73 Å². The molecule has 1 aliphatic carbocycles. The first-order chi connectivity index (χ1) is 7.08. The molecule has 1 amide bonds. The minimum Gasteiger partial charge on any atom is -0.341 e. The zero-order valence-corrected chi connectivity index (χ0v) is 9.65. The van der Waals surface area contributed by atoms with Gasteiger partial charge in [-0.15, -0.1) is 0 Å². The molecule has 4 heteroatoms. The van der Waals surface area contributed by atoms with Gasteiger partial charge in [-0.05, 0) is 32.9 Å². The number of likely N-dealkylation sites (N-methyl/N-ethyl adjacent to an activating group) is 2. The predicted octanol–water partition coefficient (Wildman–Crippen LogP) is -0.114. The second kappa shape index (κ2) is 4.10. The summed E-state index contributed by atoms with van der Waals surface area (Å²) < 4.78 is 0. The standard InChI is InChI=1S/C11H21N3O/c1-13-4-3-10(7-13)14(2)11(15)8-5-9(12)6-8/h8-10H,3-7,12H2,1-2H3. The van der Waals surface area contributed by atoms with E-state index in [0.717, 1.165) is 32.4 Å². The molecule has 0 radical (unpaired) electrons. The highest BCUT2D eigenvalue weighted by Crippen LogP contribution is 2.28. The van der Waals surface area contributed by atoms with E-state index in [1.165, 1.54) is 0 Å². The van der Waals surface area contributed by atoms with Crippen LogP contribution in [0, 0.1) is 5.92 Å². The van der Waals surface area contributed by atoms with Crippen LogP contribution < -0.4 is 5.73 Å². The quantitative estimate of drug-likeness (QED) is 0.693. The molecule has 1 heterocycles. The SMILES string of the molecule is CN1CCC(N(C)C(=O)C2CC(N)C2)C1. The van der Waals surface area contributed by atoms with Gasteiger partial charge in [0.2, 0.25) is 5.91 Å². The van der Waals surface area contributed by atoms with Crippen LogP contribution in [0.1, 0.15) is 19.3 Å². The fraction of sp³-hybridized carbons (Fsp3) is 0.909. The van der Waals surface area contributed by atoms with Crippen LogP contribution in [0.4, 0.5) is 0 Å². The second-order valence-corrected chi connectivity index (χ2v) is 5.08. The summed E-state index contributed by atoms with van der Waals surface area (Å²) in [5, 5.41) is 0. The van der Waals surface area contributed by atoms with Gasteiger partial charge in [0.05, 0.1) is 0 Å². The minimum absolute atomic E-state index is 0.205. The number of nitrogens with two attached hydrogens (primary N) is 1. The van der Waals surface area contributed by atoms with Crippen LogP contribution in [0.2, 0.25) is 0 Å². The van der Waals surface area contributed by atoms with Crippen molar-refractivity contribution in [3.8, 4) is 0 Å². The molecule has 2 rings (SSSR count). The Labute approximate surface area is 91.4 Å². The van der Waals surface area contributed by atoms with E-state index in [2.05, 4.69) is 11.9 Å². The van der Waals surface area contributed by atoms with Crippen LogP contribution in [-0.4, -0.2) is 55.0 Å². The first kappa shape index (κ1) is 10.9. The Hall–Kier alpha value is -0.610. The lowest BCUT2D eigenvalue weighted by Gasteiger charge is -2.36. The highest BCUT2D eigenvalue weighted by Gasteiger charge is 2.36. The summed E-state index contributed by atoms with van der Waals surface area (Å²) in [6, 6.07) is 0.679. The second-order valence-electron chi connectivity index (χ2n) is 5.08. The van der Waals surface area contributed by atoms with Gasteiger partial charge in [0, 0.05) is 31.6 Å². The van der Waals surface area contributed by atoms with Gasteiger partial charge in [-0.25, -0.2) is 0 Å². The Morgan fingerprint density at radius 2 is 2.13 bits per heavy atom. The summed E-state index contributed by atoms with van der Waals surface area (Å²) in [7, 11) is 4.05. The van der Waals surface area contributed by atoms with E-state index in [1.54, 1.807) is 0 Å². The van der Waals surface area contributed by atoms with Crippen LogP contribution in [-0.2, 0) is 4.79 Å². The summed E-state index contributed by atoms with van der Waals surface area (Å²) in [4.78, 5) is 16.2. The first-order valence-electron chi connectivity index (χ1n) is 5.78. The van der Waals surface area contributed by atoms with Crippen molar-refractivity contribution >= 4 is 5.91 Å². The van der Waals surface area contributed by atoms with Crippen LogP contribution >= 0.6 is 0 Å². The summed E-state index contributed by atoms with van der Waals surface area (Å²) in [6.45, 7) is 2.12. The number of likely N-dealkylation sites (tertiary alicyclic amines) is 1. The van der Waals surface area contributed by atoms with Gasteiger partial charge in [0.25, 0.3) is 0 Å². The summed E-state index contributed by atoms with van der Waals surface area (Å²) in [6.07, 6.45) is 2.87. The normalized spacial score (nSPS) is 36.3. The largest absolute Gasteiger partial charge is 0.341 e. The average Bonchev–Trinajstić information content (AvgIpc) is 2.58. The van der Waals surface area contributed by atoms with Gasteiger partial charge in [-0.2, -0.15) is 0 Å². The lowest BCUT2D eigenvalue weighted by atomic mass is 9.80. The van der Waals surface area contributed by atoms with Crippen molar-refractivity contribution in [3.05, 3.63) is 0 Å². The van der Waals surface area contributed by atoms with E-state index >= 15 is 0 Å². The number of nitrogens with zero attached hydrogens (tertiary/aromatic N) is 2. The summed E-state index contributed by atoms with van der Waals surface area (Å²) in [5.41, 5.74) is 5.70. The van der Waals surface area contributed by atoms with Crippen molar-refractivity contribution in [1.29, 1.82) is 0 Å². The van der Waals surface area contributed by atoms with E-state index < -0.39 is 0 Å². The lowest BCUT2D eigenvalue weighted by Crippen LogP contribution is -2.49. The molecule has 0 aromatic heterocycles. The maximum Gasteiger partial charge on any atom is 0.225 e. The molecule has 0 aromatic rings.